The minimum atomic E-state index is -0.334. The van der Waals surface area contributed by atoms with Crippen LogP contribution in [0.5, 0.6) is 5.75 Å². The van der Waals surface area contributed by atoms with E-state index >= 15 is 0 Å². The zero-order chi connectivity index (χ0) is 13.7. The van der Waals surface area contributed by atoms with Crippen molar-refractivity contribution in [1.82, 2.24) is 0 Å². The van der Waals surface area contributed by atoms with Crippen molar-refractivity contribution in [1.29, 1.82) is 0 Å². The van der Waals surface area contributed by atoms with Crippen LogP contribution in [0, 0.1) is 5.82 Å². The number of hydrogen-bond acceptors (Lipinski definition) is 2. The molecule has 0 saturated heterocycles. The largest absolute Gasteiger partial charge is 0.494 e. The average molecular weight is 259 g/mol. The molecule has 0 aromatic heterocycles. The molecule has 1 N–H and O–H groups in total. The minimum Gasteiger partial charge on any atom is -0.494 e. The number of carbonyl (C=O) groups excluding carboxylic acids is 1. The monoisotopic (exact) mass is 259 g/mol. The number of ether oxygens (including phenoxy) is 1. The van der Waals surface area contributed by atoms with Crippen molar-refractivity contribution in [2.45, 2.75) is 6.92 Å². The Morgan fingerprint density at radius 2 is 1.74 bits per heavy atom. The fourth-order valence-electron chi connectivity index (χ4n) is 1.61. The first-order chi connectivity index (χ1) is 9.19. The zero-order valence-corrected chi connectivity index (χ0v) is 10.5. The second-order valence-electron chi connectivity index (χ2n) is 3.92. The Kier molecular flexibility index (Phi) is 4.13. The van der Waals surface area contributed by atoms with Crippen LogP contribution in [0.15, 0.2) is 48.5 Å². The Morgan fingerprint density at radius 1 is 1.11 bits per heavy atom. The highest BCUT2D eigenvalue weighted by Crippen LogP contribution is 2.14. The first kappa shape index (κ1) is 13.1. The summed E-state index contributed by atoms with van der Waals surface area (Å²) in [6, 6.07) is 12.5. The molecule has 2 aromatic rings. The van der Waals surface area contributed by atoms with Crippen molar-refractivity contribution >= 4 is 11.6 Å². The molecule has 98 valence electrons. The zero-order valence-electron chi connectivity index (χ0n) is 10.5. The molecule has 0 radical (unpaired) electrons. The molecular weight excluding hydrogens is 245 g/mol. The lowest BCUT2D eigenvalue weighted by molar-refractivity contribution is 0.102. The maximum absolute atomic E-state index is 12.7. The van der Waals surface area contributed by atoms with Crippen molar-refractivity contribution in [2.24, 2.45) is 0 Å². The van der Waals surface area contributed by atoms with E-state index in [1.54, 1.807) is 24.3 Å². The molecule has 4 heteroatoms. The standard InChI is InChI=1S/C15H14FNO2/c1-2-19-14-9-3-11(4-10-14)15(18)17-13-7-5-12(16)6-8-13/h3-10H,2H2,1H3,(H,17,18). The molecule has 0 fully saturated rings. The number of hydrogen-bond donors (Lipinski definition) is 1. The second-order valence-corrected chi connectivity index (χ2v) is 3.92. The molecule has 0 unspecified atom stereocenters. The van der Waals surface area contributed by atoms with Crippen molar-refractivity contribution in [3.8, 4) is 5.75 Å². The molecule has 2 rings (SSSR count). The number of nitrogens with one attached hydrogen (secondary N) is 1. The van der Waals surface area contributed by atoms with E-state index in [0.29, 0.717) is 17.9 Å². The highest BCUT2D eigenvalue weighted by atomic mass is 19.1. The third kappa shape index (κ3) is 3.55. The van der Waals surface area contributed by atoms with Crippen molar-refractivity contribution in [3.05, 3.63) is 59.9 Å². The van der Waals surface area contributed by atoms with Gasteiger partial charge in [0.05, 0.1) is 6.61 Å². The van der Waals surface area contributed by atoms with Crippen molar-refractivity contribution in [2.75, 3.05) is 11.9 Å². The van der Waals surface area contributed by atoms with Gasteiger partial charge in [-0.05, 0) is 55.5 Å². The van der Waals surface area contributed by atoms with Crippen LogP contribution in [0.3, 0.4) is 0 Å². The van der Waals surface area contributed by atoms with E-state index in [4.69, 9.17) is 4.74 Å². The third-order valence-electron chi connectivity index (χ3n) is 2.53. The van der Waals surface area contributed by atoms with Gasteiger partial charge < -0.3 is 10.1 Å². The number of halogens is 1. The molecule has 0 atom stereocenters. The summed E-state index contributed by atoms with van der Waals surface area (Å²) in [5.41, 5.74) is 1.08. The van der Waals surface area contributed by atoms with Gasteiger partial charge in [-0.1, -0.05) is 0 Å². The summed E-state index contributed by atoms with van der Waals surface area (Å²) >= 11 is 0. The van der Waals surface area contributed by atoms with Gasteiger partial charge in [0.15, 0.2) is 0 Å². The SMILES string of the molecule is CCOc1ccc(C(=O)Nc2ccc(F)cc2)cc1. The van der Waals surface area contributed by atoms with Gasteiger partial charge >= 0.3 is 0 Å². The highest BCUT2D eigenvalue weighted by molar-refractivity contribution is 6.04. The Hall–Kier alpha value is -2.36. The number of anilines is 1. The quantitative estimate of drug-likeness (QED) is 0.912. The molecular formula is C15H14FNO2. The molecule has 0 spiro atoms. The molecule has 0 aliphatic carbocycles. The Labute approximate surface area is 111 Å². The van der Waals surface area contributed by atoms with E-state index in [9.17, 15) is 9.18 Å². The first-order valence-corrected chi connectivity index (χ1v) is 5.99. The fraction of sp³-hybridized carbons (Fsp3) is 0.133. The van der Waals surface area contributed by atoms with Gasteiger partial charge in [0.1, 0.15) is 11.6 Å². The summed E-state index contributed by atoms with van der Waals surface area (Å²) in [4.78, 5) is 11.9. The fourth-order valence-corrected chi connectivity index (χ4v) is 1.61. The highest BCUT2D eigenvalue weighted by Gasteiger charge is 2.06. The van der Waals surface area contributed by atoms with E-state index in [2.05, 4.69) is 5.32 Å². The molecule has 0 aliphatic rings. The molecule has 19 heavy (non-hydrogen) atoms. The van der Waals surface area contributed by atoms with E-state index in [0.717, 1.165) is 5.75 Å². The summed E-state index contributed by atoms with van der Waals surface area (Å²) in [6.07, 6.45) is 0. The number of amides is 1. The normalized spacial score (nSPS) is 10.0. The van der Waals surface area contributed by atoms with E-state index in [-0.39, 0.29) is 11.7 Å². The van der Waals surface area contributed by atoms with E-state index < -0.39 is 0 Å². The van der Waals surface area contributed by atoms with Crippen LogP contribution in [0.1, 0.15) is 17.3 Å². The molecule has 0 heterocycles. The van der Waals surface area contributed by atoms with Crippen LogP contribution in [-0.4, -0.2) is 12.5 Å². The Balaban J connectivity index is 2.05. The van der Waals surface area contributed by atoms with Gasteiger partial charge in [-0.15, -0.1) is 0 Å². The van der Waals surface area contributed by atoms with E-state index in [1.807, 2.05) is 6.92 Å². The van der Waals surface area contributed by atoms with Gasteiger partial charge in [-0.2, -0.15) is 0 Å². The molecule has 3 nitrogen and oxygen atoms in total. The van der Waals surface area contributed by atoms with E-state index in [1.165, 1.54) is 24.3 Å². The summed E-state index contributed by atoms with van der Waals surface area (Å²) in [6.45, 7) is 2.48. The molecule has 0 aliphatic heterocycles. The second kappa shape index (κ2) is 6.00. The lowest BCUT2D eigenvalue weighted by Crippen LogP contribution is -2.11. The Morgan fingerprint density at radius 3 is 2.32 bits per heavy atom. The molecule has 2 aromatic carbocycles. The maximum atomic E-state index is 12.7. The first-order valence-electron chi connectivity index (χ1n) is 5.99. The maximum Gasteiger partial charge on any atom is 0.255 e. The lowest BCUT2D eigenvalue weighted by Gasteiger charge is -2.06. The van der Waals surface area contributed by atoms with Crippen molar-refractivity contribution in [3.63, 3.8) is 0 Å². The summed E-state index contributed by atoms with van der Waals surface area (Å²) in [5.74, 6) is 0.148. The molecule has 0 bridgehead atoms. The number of benzene rings is 2. The van der Waals surface area contributed by atoms with Crippen LogP contribution in [-0.2, 0) is 0 Å². The average Bonchev–Trinajstić information content (AvgIpc) is 2.42. The van der Waals surface area contributed by atoms with Crippen LogP contribution in [0.2, 0.25) is 0 Å². The van der Waals surface area contributed by atoms with Gasteiger partial charge in [0, 0.05) is 11.3 Å². The third-order valence-corrected chi connectivity index (χ3v) is 2.53. The van der Waals surface area contributed by atoms with Gasteiger partial charge in [0.25, 0.3) is 5.91 Å². The number of carbonyl (C=O) groups is 1. The number of rotatable bonds is 4. The summed E-state index contributed by atoms with van der Waals surface area (Å²) in [5, 5.41) is 2.69. The van der Waals surface area contributed by atoms with Gasteiger partial charge in [-0.25, -0.2) is 4.39 Å². The van der Waals surface area contributed by atoms with Crippen LogP contribution >= 0.6 is 0 Å². The van der Waals surface area contributed by atoms with Crippen LogP contribution in [0.4, 0.5) is 10.1 Å². The summed E-state index contributed by atoms with van der Waals surface area (Å²) in [7, 11) is 0. The molecule has 0 saturated carbocycles. The predicted octanol–water partition coefficient (Wildman–Crippen LogP) is 3.48. The topological polar surface area (TPSA) is 38.3 Å². The smallest absolute Gasteiger partial charge is 0.255 e. The minimum absolute atomic E-state index is 0.241. The van der Waals surface area contributed by atoms with Gasteiger partial charge in [0.2, 0.25) is 0 Å². The van der Waals surface area contributed by atoms with Crippen LogP contribution < -0.4 is 10.1 Å². The lowest BCUT2D eigenvalue weighted by atomic mass is 10.2. The van der Waals surface area contributed by atoms with Gasteiger partial charge in [-0.3, -0.25) is 4.79 Å². The predicted molar refractivity (Wildman–Crippen MR) is 72.0 cm³/mol. The molecule has 1 amide bonds. The van der Waals surface area contributed by atoms with Crippen LogP contribution in [0.25, 0.3) is 0 Å². The summed E-state index contributed by atoms with van der Waals surface area (Å²) < 4.78 is 18.0. The van der Waals surface area contributed by atoms with Crippen molar-refractivity contribution < 1.29 is 13.9 Å². The Bertz CT molecular complexity index is 549.